The smallest absolute Gasteiger partial charge is 0.380 e. The lowest BCUT2D eigenvalue weighted by Gasteiger charge is -2.39. The number of hydrogen-bond acceptors (Lipinski definition) is 10. The molecule has 1 aliphatic carbocycles. The van der Waals surface area contributed by atoms with Crippen molar-refractivity contribution < 1.29 is 40.7 Å². The first-order valence-corrected chi connectivity index (χ1v) is 26.8. The largest absolute Gasteiger partial charge is 0.501 e. The van der Waals surface area contributed by atoms with E-state index in [1.165, 1.54) is 40.6 Å². The number of rotatable bonds is 19. The third-order valence-corrected chi connectivity index (χ3v) is 16.2. The van der Waals surface area contributed by atoms with Gasteiger partial charge in [0, 0.05) is 77.1 Å². The summed E-state index contributed by atoms with van der Waals surface area (Å²) in [7, 11) is -8.42. The van der Waals surface area contributed by atoms with Crippen LogP contribution in [0.1, 0.15) is 55.5 Å². The van der Waals surface area contributed by atoms with Gasteiger partial charge in [0.05, 0.1) is 11.8 Å². The molecule has 2 aliphatic rings. The van der Waals surface area contributed by atoms with Gasteiger partial charge in [-0.2, -0.15) is 13.2 Å². The van der Waals surface area contributed by atoms with Gasteiger partial charge in [-0.25, -0.2) is 8.42 Å². The van der Waals surface area contributed by atoms with Crippen LogP contribution in [-0.2, 0) is 14.4 Å². The maximum Gasteiger partial charge on any atom is 0.501 e. The number of alkyl halides is 3. The van der Waals surface area contributed by atoms with E-state index < -0.39 is 39.8 Å². The molecule has 1 amide bonds. The van der Waals surface area contributed by atoms with Crippen LogP contribution in [0.25, 0.3) is 5.57 Å². The molecule has 1 fully saturated rings. The van der Waals surface area contributed by atoms with Crippen LogP contribution in [0.5, 0.6) is 0 Å². The van der Waals surface area contributed by atoms with Crippen LogP contribution in [0.3, 0.4) is 0 Å². The van der Waals surface area contributed by atoms with E-state index in [4.69, 9.17) is 11.6 Å². The number of carbonyl (C=O) groups is 1. The molecular weight excluding hydrogens is 938 g/mol. The van der Waals surface area contributed by atoms with Crippen molar-refractivity contribution in [2.45, 2.75) is 65.8 Å². The van der Waals surface area contributed by atoms with Crippen LogP contribution in [0, 0.1) is 5.41 Å². The van der Waals surface area contributed by atoms with Crippen molar-refractivity contribution in [1.82, 2.24) is 14.5 Å². The molecule has 1 heterocycles. The molecule has 0 spiro atoms. The van der Waals surface area contributed by atoms with Crippen LogP contribution in [0.15, 0.2) is 117 Å². The summed E-state index contributed by atoms with van der Waals surface area (Å²) in [6.45, 7) is 9.36. The predicted octanol–water partition coefficient (Wildman–Crippen LogP) is 9.93. The van der Waals surface area contributed by atoms with E-state index in [9.17, 15) is 40.7 Å². The van der Waals surface area contributed by atoms with E-state index in [2.05, 4.69) is 45.8 Å². The standard InChI is InChI=1S/C46H56ClF3N5O6PS3/c1-45(2)21-19-41(33-9-13-36(47)14-10-33)35(30-45)31-54-23-25-55(26-24-54)38-15-11-34(12-16-38)44(56)52-64-40-17-18-42(43(29-40)65(60,61)46(48,49)50)51-37(32-63-39-7-5-4-6-8-39)20-22-53(3)27-28-62(57,58)59/h4-18,29,37,51H,19-28,30-32H2,1-3H3,(H,52,56)(H2,57,58,59). The fourth-order valence-corrected chi connectivity index (χ4v) is 11.3. The molecule has 1 atom stereocenters. The highest BCUT2D eigenvalue weighted by molar-refractivity contribution is 7.99. The molecule has 0 saturated carbocycles. The van der Waals surface area contributed by atoms with Gasteiger partial charge in [-0.05, 0) is 135 Å². The fraction of sp³-hybridized carbons (Fsp3) is 0.413. The molecule has 4 aromatic rings. The molecule has 4 N–H and O–H groups in total. The number of allylic oxidation sites excluding steroid dienone is 1. The number of benzene rings is 4. The predicted molar refractivity (Wildman–Crippen MR) is 258 cm³/mol. The number of nitrogens with zero attached hydrogens (tertiary/aromatic N) is 3. The molecule has 4 aromatic carbocycles. The molecule has 19 heteroatoms. The van der Waals surface area contributed by atoms with Crippen LogP contribution in [0.4, 0.5) is 24.5 Å². The molecule has 1 saturated heterocycles. The van der Waals surface area contributed by atoms with Crippen molar-refractivity contribution in [3.05, 3.63) is 119 Å². The second-order valence-corrected chi connectivity index (χ2v) is 23.4. The minimum absolute atomic E-state index is 0.0708. The first kappa shape index (κ1) is 50.9. The summed E-state index contributed by atoms with van der Waals surface area (Å²) < 4.78 is 82.4. The SMILES string of the molecule is CN(CCC(CSc1ccccc1)Nc1ccc(SNC(=O)c2ccc(N3CCN(CC4=C(c5ccc(Cl)cc5)CCC(C)(C)C4)CC3)cc2)cc1S(=O)(=O)C(F)(F)F)CCP(=O)(O)O. The molecule has 6 rings (SSSR count). The molecule has 11 nitrogen and oxygen atoms in total. The second-order valence-electron chi connectivity index (χ2n) is 17.3. The lowest BCUT2D eigenvalue weighted by atomic mass is 9.73. The number of piperazine rings is 1. The zero-order chi connectivity index (χ0) is 47.0. The summed E-state index contributed by atoms with van der Waals surface area (Å²) in [6.07, 6.45) is 3.18. The topological polar surface area (TPSA) is 143 Å². The lowest BCUT2D eigenvalue weighted by molar-refractivity contribution is -0.0435. The van der Waals surface area contributed by atoms with Gasteiger partial charge in [0.1, 0.15) is 4.90 Å². The molecule has 0 radical (unpaired) electrons. The Kier molecular flexibility index (Phi) is 17.3. The Hall–Kier alpha value is -3.51. The average Bonchev–Trinajstić information content (AvgIpc) is 3.26. The van der Waals surface area contributed by atoms with E-state index in [1.807, 2.05) is 54.6 Å². The molecular formula is C46H56ClF3N5O6PS3. The van der Waals surface area contributed by atoms with Gasteiger partial charge in [-0.15, -0.1) is 11.8 Å². The Morgan fingerprint density at radius 2 is 1.62 bits per heavy atom. The maximum atomic E-state index is 14.1. The number of nitrogens with one attached hydrogen (secondary N) is 2. The van der Waals surface area contributed by atoms with E-state index in [0.29, 0.717) is 36.2 Å². The van der Waals surface area contributed by atoms with Gasteiger partial charge >= 0.3 is 13.1 Å². The van der Waals surface area contributed by atoms with Crippen molar-refractivity contribution in [3.8, 4) is 0 Å². The third-order valence-electron chi connectivity index (χ3n) is 11.6. The van der Waals surface area contributed by atoms with Gasteiger partial charge < -0.3 is 24.9 Å². The van der Waals surface area contributed by atoms with Crippen molar-refractivity contribution in [1.29, 1.82) is 0 Å². The van der Waals surface area contributed by atoms with Gasteiger partial charge in [-0.3, -0.25) is 19.0 Å². The number of amides is 1. The highest BCUT2D eigenvalue weighted by Gasteiger charge is 2.48. The first-order chi connectivity index (χ1) is 30.7. The van der Waals surface area contributed by atoms with Crippen LogP contribution in [-0.4, -0.2) is 110 Å². The number of carbonyl (C=O) groups excluding carboxylic acids is 1. The average molecular weight is 995 g/mol. The van der Waals surface area contributed by atoms with Crippen LogP contribution in [0.2, 0.25) is 5.02 Å². The van der Waals surface area contributed by atoms with Gasteiger partial charge in [-0.1, -0.05) is 61.4 Å². The molecule has 352 valence electrons. The molecule has 0 aromatic heterocycles. The number of thioether (sulfide) groups is 1. The highest BCUT2D eigenvalue weighted by Crippen LogP contribution is 2.43. The Bertz CT molecular complexity index is 2440. The number of halogens is 4. The van der Waals surface area contributed by atoms with Crippen molar-refractivity contribution in [2.75, 3.05) is 75.0 Å². The molecule has 1 aliphatic heterocycles. The Morgan fingerprint density at radius 3 is 2.26 bits per heavy atom. The molecule has 65 heavy (non-hydrogen) atoms. The normalized spacial score (nSPS) is 16.7. The maximum absolute atomic E-state index is 14.1. The summed E-state index contributed by atoms with van der Waals surface area (Å²) in [4.78, 5) is 38.3. The minimum atomic E-state index is -5.84. The van der Waals surface area contributed by atoms with Crippen LogP contribution >= 0.6 is 42.9 Å². The Labute approximate surface area is 393 Å². The number of hydrogen-bond donors (Lipinski definition) is 4. The second kappa shape index (κ2) is 22.1. The molecule has 0 bridgehead atoms. The monoisotopic (exact) mass is 993 g/mol. The van der Waals surface area contributed by atoms with Gasteiger partial charge in [0.2, 0.25) is 0 Å². The summed E-state index contributed by atoms with van der Waals surface area (Å²) in [5, 5.41) is 3.75. The van der Waals surface area contributed by atoms with Gasteiger partial charge in [0.25, 0.3) is 15.7 Å². The summed E-state index contributed by atoms with van der Waals surface area (Å²) in [5.74, 6) is -0.164. The zero-order valence-electron chi connectivity index (χ0n) is 36.6. The molecule has 1 unspecified atom stereocenters. The number of anilines is 2. The lowest BCUT2D eigenvalue weighted by Crippen LogP contribution is -2.47. The van der Waals surface area contributed by atoms with E-state index in [0.717, 1.165) is 73.7 Å². The third kappa shape index (κ3) is 14.7. The first-order valence-electron chi connectivity index (χ1n) is 21.3. The summed E-state index contributed by atoms with van der Waals surface area (Å²) in [6, 6.07) is 27.6. The quantitative estimate of drug-likeness (QED) is 0.0404. The fourth-order valence-electron chi connectivity index (χ4n) is 7.94. The Morgan fingerprint density at radius 1 is 0.938 bits per heavy atom. The highest BCUT2D eigenvalue weighted by atomic mass is 35.5. The summed E-state index contributed by atoms with van der Waals surface area (Å²) in [5.41, 5.74) is -0.189. The minimum Gasteiger partial charge on any atom is -0.380 e. The van der Waals surface area contributed by atoms with E-state index in [1.54, 1.807) is 24.1 Å². The van der Waals surface area contributed by atoms with E-state index in [-0.39, 0.29) is 28.7 Å². The number of sulfone groups is 1. The zero-order valence-corrected chi connectivity index (χ0v) is 40.7. The Balaban J connectivity index is 1.08. The van der Waals surface area contributed by atoms with E-state index >= 15 is 0 Å². The van der Waals surface area contributed by atoms with Crippen molar-refractivity contribution in [3.63, 3.8) is 0 Å². The van der Waals surface area contributed by atoms with Crippen molar-refractivity contribution >= 4 is 75.6 Å². The summed E-state index contributed by atoms with van der Waals surface area (Å²) >= 11 is 8.32. The van der Waals surface area contributed by atoms with Gasteiger partial charge in [0.15, 0.2) is 0 Å². The van der Waals surface area contributed by atoms with Crippen LogP contribution < -0.4 is 14.9 Å². The van der Waals surface area contributed by atoms with Crippen molar-refractivity contribution in [2.24, 2.45) is 5.41 Å².